The Morgan fingerprint density at radius 3 is 2.87 bits per heavy atom. The van der Waals surface area contributed by atoms with Gasteiger partial charge in [-0.25, -0.2) is 23.1 Å². The zero-order valence-corrected chi connectivity index (χ0v) is 18.4. The van der Waals surface area contributed by atoms with Gasteiger partial charge in [-0.05, 0) is 25.3 Å². The highest BCUT2D eigenvalue weighted by Gasteiger charge is 2.33. The molecule has 0 saturated heterocycles. The molecule has 0 atom stereocenters. The van der Waals surface area contributed by atoms with Crippen LogP contribution in [0.1, 0.15) is 36.7 Å². The minimum atomic E-state index is -3.21. The monoisotopic (exact) mass is 448 g/mol. The predicted octanol–water partition coefficient (Wildman–Crippen LogP) is 2.32. The number of rotatable bonds is 8. The fraction of sp³-hybridized carbons (Fsp3) is 0.421. The Labute approximate surface area is 178 Å². The molecular formula is C19H24N6O3S2. The Morgan fingerprint density at radius 2 is 2.13 bits per heavy atom. The van der Waals surface area contributed by atoms with Gasteiger partial charge in [0.25, 0.3) is 5.91 Å². The first kappa shape index (κ1) is 20.8. The molecule has 0 radical (unpaired) electrons. The Morgan fingerprint density at radius 1 is 1.33 bits per heavy atom. The average molecular weight is 449 g/mol. The van der Waals surface area contributed by atoms with Crippen LogP contribution in [0, 0.1) is 0 Å². The lowest BCUT2D eigenvalue weighted by molar-refractivity contribution is 0.0959. The standard InChI is InChI=1S/C19H24N6O3S2/c1-3-6-30(27,28)25-12-7-11(8-12)23-16-13-4-5-21-17(13)22-9-14(16)19-24-15(10-29-19)18(26)20-2/h4-5,9-12,25H,3,6-8H2,1-2H3,(H,20,26)(H2,21,22,23). The molecule has 1 aliphatic rings. The summed E-state index contributed by atoms with van der Waals surface area (Å²) in [7, 11) is -1.64. The van der Waals surface area contributed by atoms with Crippen molar-refractivity contribution in [2.75, 3.05) is 18.1 Å². The second-order valence-electron chi connectivity index (χ2n) is 7.35. The maximum Gasteiger partial charge on any atom is 0.270 e. The molecule has 0 bridgehead atoms. The van der Waals surface area contributed by atoms with Gasteiger partial charge in [-0.3, -0.25) is 4.79 Å². The quantitative estimate of drug-likeness (QED) is 0.419. The number of carbonyl (C=O) groups excluding carboxylic acids is 1. The number of pyridine rings is 1. The van der Waals surface area contributed by atoms with E-state index < -0.39 is 10.0 Å². The Balaban J connectivity index is 1.55. The van der Waals surface area contributed by atoms with Gasteiger partial charge in [-0.2, -0.15) is 0 Å². The lowest BCUT2D eigenvalue weighted by Crippen LogP contribution is -2.50. The third kappa shape index (κ3) is 4.18. The molecule has 30 heavy (non-hydrogen) atoms. The van der Waals surface area contributed by atoms with Crippen LogP contribution in [-0.4, -0.2) is 54.2 Å². The van der Waals surface area contributed by atoms with Crippen molar-refractivity contribution in [2.45, 2.75) is 38.3 Å². The van der Waals surface area contributed by atoms with Crippen LogP contribution in [0.5, 0.6) is 0 Å². The van der Waals surface area contributed by atoms with Crippen molar-refractivity contribution in [1.82, 2.24) is 25.0 Å². The van der Waals surface area contributed by atoms with Crippen molar-refractivity contribution in [1.29, 1.82) is 0 Å². The molecule has 3 heterocycles. The summed E-state index contributed by atoms with van der Waals surface area (Å²) in [6.07, 6.45) is 5.58. The summed E-state index contributed by atoms with van der Waals surface area (Å²) in [4.78, 5) is 23.9. The summed E-state index contributed by atoms with van der Waals surface area (Å²) in [5, 5.41) is 9.48. The van der Waals surface area contributed by atoms with Gasteiger partial charge in [0.2, 0.25) is 10.0 Å². The molecule has 1 aliphatic carbocycles. The highest BCUT2D eigenvalue weighted by molar-refractivity contribution is 7.89. The van der Waals surface area contributed by atoms with Crippen LogP contribution in [0.3, 0.4) is 0 Å². The van der Waals surface area contributed by atoms with E-state index in [4.69, 9.17) is 0 Å². The van der Waals surface area contributed by atoms with E-state index in [1.54, 1.807) is 18.6 Å². The molecule has 1 saturated carbocycles. The van der Waals surface area contributed by atoms with E-state index >= 15 is 0 Å². The predicted molar refractivity (Wildman–Crippen MR) is 118 cm³/mol. The van der Waals surface area contributed by atoms with Crippen molar-refractivity contribution in [3.63, 3.8) is 0 Å². The van der Waals surface area contributed by atoms with Gasteiger partial charge < -0.3 is 15.6 Å². The van der Waals surface area contributed by atoms with Crippen LogP contribution < -0.4 is 15.4 Å². The van der Waals surface area contributed by atoms with Crippen molar-refractivity contribution < 1.29 is 13.2 Å². The smallest absolute Gasteiger partial charge is 0.270 e. The second kappa shape index (κ2) is 8.32. The number of fused-ring (bicyclic) bond motifs is 1. The summed E-state index contributed by atoms with van der Waals surface area (Å²) in [5.74, 6) is -0.0819. The molecule has 0 aliphatic heterocycles. The second-order valence-corrected chi connectivity index (χ2v) is 10.1. The first-order valence-electron chi connectivity index (χ1n) is 9.80. The van der Waals surface area contributed by atoms with Crippen molar-refractivity contribution >= 4 is 44.0 Å². The largest absolute Gasteiger partial charge is 0.381 e. The SMILES string of the molecule is CCCS(=O)(=O)NC1CC(Nc2c(-c3nc(C(=O)NC)cs3)cnc3[nH]ccc23)C1. The van der Waals surface area contributed by atoms with E-state index in [0.717, 1.165) is 22.3 Å². The number of anilines is 1. The summed E-state index contributed by atoms with van der Waals surface area (Å²) < 4.78 is 26.7. The van der Waals surface area contributed by atoms with Crippen molar-refractivity contribution in [3.05, 3.63) is 29.5 Å². The molecule has 160 valence electrons. The van der Waals surface area contributed by atoms with Crippen LogP contribution in [-0.2, 0) is 10.0 Å². The van der Waals surface area contributed by atoms with Gasteiger partial charge in [-0.1, -0.05) is 6.92 Å². The molecule has 0 unspecified atom stereocenters. The number of thiazole rings is 1. The van der Waals surface area contributed by atoms with Gasteiger partial charge in [0.05, 0.1) is 17.0 Å². The maximum atomic E-state index is 12.0. The number of hydrogen-bond acceptors (Lipinski definition) is 7. The minimum absolute atomic E-state index is 0.0502. The topological polar surface area (TPSA) is 129 Å². The molecule has 4 N–H and O–H groups in total. The lowest BCUT2D eigenvalue weighted by atomic mass is 9.87. The van der Waals surface area contributed by atoms with E-state index in [1.165, 1.54) is 11.3 Å². The third-order valence-electron chi connectivity index (χ3n) is 5.09. The number of amides is 1. The van der Waals surface area contributed by atoms with Crippen molar-refractivity contribution in [2.24, 2.45) is 0 Å². The summed E-state index contributed by atoms with van der Waals surface area (Å²) in [6, 6.07) is 2.03. The lowest BCUT2D eigenvalue weighted by Gasteiger charge is -2.37. The molecule has 0 aromatic carbocycles. The number of nitrogens with zero attached hydrogens (tertiary/aromatic N) is 2. The minimum Gasteiger partial charge on any atom is -0.381 e. The molecular weight excluding hydrogens is 424 g/mol. The number of sulfonamides is 1. The normalized spacial score (nSPS) is 18.9. The van der Waals surface area contributed by atoms with Gasteiger partial charge >= 0.3 is 0 Å². The molecule has 4 rings (SSSR count). The summed E-state index contributed by atoms with van der Waals surface area (Å²) >= 11 is 1.38. The van der Waals surface area contributed by atoms with Gasteiger partial charge in [0.15, 0.2) is 0 Å². The highest BCUT2D eigenvalue weighted by Crippen LogP contribution is 2.37. The number of carbonyl (C=O) groups is 1. The number of nitrogens with one attached hydrogen (secondary N) is 4. The number of aromatic amines is 1. The van der Waals surface area contributed by atoms with Crippen LogP contribution in [0.15, 0.2) is 23.8 Å². The van der Waals surface area contributed by atoms with Gasteiger partial charge in [0, 0.05) is 42.3 Å². The van der Waals surface area contributed by atoms with E-state index in [-0.39, 0.29) is 23.7 Å². The van der Waals surface area contributed by atoms with E-state index in [2.05, 4.69) is 30.3 Å². The fourth-order valence-electron chi connectivity index (χ4n) is 3.57. The van der Waals surface area contributed by atoms with E-state index in [1.807, 2.05) is 19.2 Å². The highest BCUT2D eigenvalue weighted by atomic mass is 32.2. The number of H-pyrrole nitrogens is 1. The average Bonchev–Trinajstić information content (AvgIpc) is 3.35. The van der Waals surface area contributed by atoms with Crippen molar-refractivity contribution in [3.8, 4) is 10.6 Å². The Kier molecular flexibility index (Phi) is 5.76. The fourth-order valence-corrected chi connectivity index (χ4v) is 5.74. The molecule has 1 amide bonds. The van der Waals surface area contributed by atoms with E-state index in [0.29, 0.717) is 30.0 Å². The number of aromatic nitrogens is 3. The first-order valence-corrected chi connectivity index (χ1v) is 12.3. The first-order chi connectivity index (χ1) is 14.4. The molecule has 9 nitrogen and oxygen atoms in total. The van der Waals surface area contributed by atoms with Crippen LogP contribution >= 0.6 is 11.3 Å². The Hall–Kier alpha value is -2.50. The maximum absolute atomic E-state index is 12.0. The van der Waals surface area contributed by atoms with Crippen LogP contribution in [0.4, 0.5) is 5.69 Å². The van der Waals surface area contributed by atoms with Crippen LogP contribution in [0.2, 0.25) is 0 Å². The molecule has 3 aromatic heterocycles. The summed E-state index contributed by atoms with van der Waals surface area (Å²) in [6.45, 7) is 1.85. The van der Waals surface area contributed by atoms with E-state index in [9.17, 15) is 13.2 Å². The zero-order chi connectivity index (χ0) is 21.3. The van der Waals surface area contributed by atoms with Gasteiger partial charge in [-0.15, -0.1) is 11.3 Å². The molecule has 1 fully saturated rings. The third-order valence-corrected chi connectivity index (χ3v) is 7.60. The molecule has 11 heteroatoms. The van der Waals surface area contributed by atoms with Crippen LogP contribution in [0.25, 0.3) is 21.6 Å². The zero-order valence-electron chi connectivity index (χ0n) is 16.7. The Bertz CT molecular complexity index is 1160. The number of hydrogen-bond donors (Lipinski definition) is 4. The van der Waals surface area contributed by atoms with Gasteiger partial charge in [0.1, 0.15) is 16.3 Å². The summed E-state index contributed by atoms with van der Waals surface area (Å²) in [5.41, 5.74) is 2.83. The molecule has 3 aromatic rings. The molecule has 0 spiro atoms.